The number of para-hydroxylation sites is 1. The molecule has 3 nitrogen and oxygen atoms in total. The summed E-state index contributed by atoms with van der Waals surface area (Å²) in [6, 6.07) is 6.10. The highest BCUT2D eigenvalue weighted by Gasteiger charge is 2.14. The molecule has 0 spiro atoms. The predicted octanol–water partition coefficient (Wildman–Crippen LogP) is 3.80. The molecule has 2 N–H and O–H groups in total. The SMILES string of the molecule is C[C@@H](N)c1cccc(F)c1Oc1cncc(Br)c1. The van der Waals surface area contributed by atoms with Gasteiger partial charge in [-0.3, -0.25) is 4.98 Å². The molecule has 0 aliphatic heterocycles. The van der Waals surface area contributed by atoms with E-state index in [1.807, 2.05) is 0 Å². The number of hydrogen-bond acceptors (Lipinski definition) is 3. The number of halogens is 2. The van der Waals surface area contributed by atoms with Crippen LogP contribution in [0.4, 0.5) is 4.39 Å². The van der Waals surface area contributed by atoms with Crippen molar-refractivity contribution in [3.8, 4) is 11.5 Å². The van der Waals surface area contributed by atoms with Crippen LogP contribution in [0.2, 0.25) is 0 Å². The molecule has 0 amide bonds. The Morgan fingerprint density at radius 1 is 1.39 bits per heavy atom. The van der Waals surface area contributed by atoms with E-state index in [1.165, 1.54) is 12.3 Å². The van der Waals surface area contributed by atoms with Gasteiger partial charge in [-0.2, -0.15) is 0 Å². The fourth-order valence-corrected chi connectivity index (χ4v) is 1.90. The van der Waals surface area contributed by atoms with E-state index in [2.05, 4.69) is 20.9 Å². The van der Waals surface area contributed by atoms with Crippen LogP contribution in [0.3, 0.4) is 0 Å². The largest absolute Gasteiger partial charge is 0.452 e. The second-order valence-electron chi connectivity index (χ2n) is 3.89. The first-order valence-electron chi connectivity index (χ1n) is 5.40. The van der Waals surface area contributed by atoms with Crippen LogP contribution in [0.1, 0.15) is 18.5 Å². The first kappa shape index (κ1) is 13.0. The fraction of sp³-hybridized carbons (Fsp3) is 0.154. The van der Waals surface area contributed by atoms with Gasteiger partial charge >= 0.3 is 0 Å². The molecule has 0 aliphatic carbocycles. The normalized spacial score (nSPS) is 12.2. The summed E-state index contributed by atoms with van der Waals surface area (Å²) in [5.74, 6) is 0.161. The molecule has 5 heteroatoms. The minimum absolute atomic E-state index is 0.146. The zero-order valence-electron chi connectivity index (χ0n) is 9.73. The van der Waals surface area contributed by atoms with Crippen molar-refractivity contribution in [1.82, 2.24) is 4.98 Å². The van der Waals surface area contributed by atoms with Crippen molar-refractivity contribution in [2.24, 2.45) is 5.73 Å². The van der Waals surface area contributed by atoms with E-state index in [0.717, 1.165) is 4.47 Å². The van der Waals surface area contributed by atoms with Gasteiger partial charge in [0.1, 0.15) is 5.75 Å². The van der Waals surface area contributed by atoms with Crippen LogP contribution in [0, 0.1) is 5.82 Å². The second-order valence-corrected chi connectivity index (χ2v) is 4.80. The van der Waals surface area contributed by atoms with Crippen molar-refractivity contribution in [1.29, 1.82) is 0 Å². The Morgan fingerprint density at radius 2 is 2.17 bits per heavy atom. The summed E-state index contributed by atoms with van der Waals surface area (Å²) in [5.41, 5.74) is 6.42. The highest BCUT2D eigenvalue weighted by Crippen LogP contribution is 2.31. The van der Waals surface area contributed by atoms with Gasteiger partial charge < -0.3 is 10.5 Å². The smallest absolute Gasteiger partial charge is 0.167 e. The topological polar surface area (TPSA) is 48.1 Å². The van der Waals surface area contributed by atoms with Gasteiger partial charge in [0.05, 0.1) is 6.20 Å². The third-order valence-corrected chi connectivity index (χ3v) is 2.82. The Bertz CT molecular complexity index is 560. The molecule has 1 aromatic carbocycles. The number of benzene rings is 1. The number of rotatable bonds is 3. The molecule has 1 atom stereocenters. The average molecular weight is 311 g/mol. The van der Waals surface area contributed by atoms with E-state index in [4.69, 9.17) is 10.5 Å². The Hall–Kier alpha value is -1.46. The van der Waals surface area contributed by atoms with E-state index in [0.29, 0.717) is 11.3 Å². The Balaban J connectivity index is 2.39. The molecule has 0 fully saturated rings. The number of aromatic nitrogens is 1. The lowest BCUT2D eigenvalue weighted by Gasteiger charge is -2.14. The van der Waals surface area contributed by atoms with Crippen LogP contribution in [0.15, 0.2) is 41.1 Å². The fourth-order valence-electron chi connectivity index (χ4n) is 1.56. The first-order chi connectivity index (χ1) is 8.58. The lowest BCUT2D eigenvalue weighted by molar-refractivity contribution is 0.431. The molecule has 0 bridgehead atoms. The molecule has 1 heterocycles. The van der Waals surface area contributed by atoms with Gasteiger partial charge in [0.25, 0.3) is 0 Å². The highest BCUT2D eigenvalue weighted by atomic mass is 79.9. The van der Waals surface area contributed by atoms with Gasteiger partial charge in [0, 0.05) is 22.3 Å². The summed E-state index contributed by atoms with van der Waals surface area (Å²) >= 11 is 3.28. The maximum atomic E-state index is 13.8. The van der Waals surface area contributed by atoms with Crippen molar-refractivity contribution in [3.05, 3.63) is 52.5 Å². The maximum absolute atomic E-state index is 13.8. The van der Waals surface area contributed by atoms with Crippen molar-refractivity contribution in [2.45, 2.75) is 13.0 Å². The second kappa shape index (κ2) is 5.46. The molecular weight excluding hydrogens is 299 g/mol. The third kappa shape index (κ3) is 2.86. The Labute approximate surface area is 113 Å². The zero-order chi connectivity index (χ0) is 13.1. The van der Waals surface area contributed by atoms with Crippen LogP contribution < -0.4 is 10.5 Å². The highest BCUT2D eigenvalue weighted by molar-refractivity contribution is 9.10. The number of pyridine rings is 1. The lowest BCUT2D eigenvalue weighted by Crippen LogP contribution is -2.07. The molecule has 18 heavy (non-hydrogen) atoms. The zero-order valence-corrected chi connectivity index (χ0v) is 11.3. The van der Waals surface area contributed by atoms with E-state index < -0.39 is 5.82 Å². The van der Waals surface area contributed by atoms with E-state index in [9.17, 15) is 4.39 Å². The third-order valence-electron chi connectivity index (χ3n) is 2.39. The van der Waals surface area contributed by atoms with E-state index >= 15 is 0 Å². The van der Waals surface area contributed by atoms with Crippen LogP contribution in [-0.4, -0.2) is 4.98 Å². The molecule has 94 valence electrons. The van der Waals surface area contributed by atoms with Crippen molar-refractivity contribution in [3.63, 3.8) is 0 Å². The molecule has 0 radical (unpaired) electrons. The van der Waals surface area contributed by atoms with Gasteiger partial charge in [0.2, 0.25) is 0 Å². The van der Waals surface area contributed by atoms with Crippen molar-refractivity contribution < 1.29 is 9.13 Å². The minimum Gasteiger partial charge on any atom is -0.452 e. The first-order valence-corrected chi connectivity index (χ1v) is 6.19. The molecule has 2 rings (SSSR count). The monoisotopic (exact) mass is 310 g/mol. The van der Waals surface area contributed by atoms with Gasteiger partial charge in [-0.15, -0.1) is 0 Å². The van der Waals surface area contributed by atoms with Gasteiger partial charge in [-0.1, -0.05) is 12.1 Å². The van der Waals surface area contributed by atoms with Gasteiger partial charge in [-0.25, -0.2) is 4.39 Å². The molecule has 0 aliphatic rings. The lowest BCUT2D eigenvalue weighted by atomic mass is 10.1. The van der Waals surface area contributed by atoms with Gasteiger partial charge in [0.15, 0.2) is 11.6 Å². The molecule has 0 saturated heterocycles. The van der Waals surface area contributed by atoms with Crippen LogP contribution in [-0.2, 0) is 0 Å². The molecular formula is C13H12BrFN2O. The summed E-state index contributed by atoms with van der Waals surface area (Å²) in [7, 11) is 0. The number of nitrogens with two attached hydrogens (primary N) is 1. The quantitative estimate of drug-likeness (QED) is 0.938. The molecule has 1 aromatic heterocycles. The van der Waals surface area contributed by atoms with Crippen LogP contribution in [0.25, 0.3) is 0 Å². The van der Waals surface area contributed by atoms with E-state index in [1.54, 1.807) is 31.3 Å². The predicted molar refractivity (Wildman–Crippen MR) is 71.0 cm³/mol. The summed E-state index contributed by atoms with van der Waals surface area (Å²) in [4.78, 5) is 3.96. The number of hydrogen-bond donors (Lipinski definition) is 1. The number of nitrogens with zero attached hydrogens (tertiary/aromatic N) is 1. The Morgan fingerprint density at radius 3 is 2.83 bits per heavy atom. The summed E-state index contributed by atoms with van der Waals surface area (Å²) in [5, 5.41) is 0. The maximum Gasteiger partial charge on any atom is 0.167 e. The molecule has 0 unspecified atom stereocenters. The molecule has 2 aromatic rings. The van der Waals surface area contributed by atoms with E-state index in [-0.39, 0.29) is 11.8 Å². The van der Waals surface area contributed by atoms with Crippen molar-refractivity contribution >= 4 is 15.9 Å². The van der Waals surface area contributed by atoms with Crippen LogP contribution >= 0.6 is 15.9 Å². The Kier molecular flexibility index (Phi) is 3.93. The summed E-state index contributed by atoms with van der Waals surface area (Å²) in [6.45, 7) is 1.78. The summed E-state index contributed by atoms with van der Waals surface area (Å²) in [6.07, 6.45) is 3.14. The molecule has 0 saturated carbocycles. The minimum atomic E-state index is -0.440. The van der Waals surface area contributed by atoms with Crippen molar-refractivity contribution in [2.75, 3.05) is 0 Å². The van der Waals surface area contributed by atoms with Crippen LogP contribution in [0.5, 0.6) is 11.5 Å². The standard InChI is InChI=1S/C13H12BrFN2O/c1-8(16)11-3-2-4-12(15)13(11)18-10-5-9(14)6-17-7-10/h2-8H,16H2,1H3/t8-/m1/s1. The number of ether oxygens (including phenoxy) is 1. The average Bonchev–Trinajstić information content (AvgIpc) is 2.31. The van der Waals surface area contributed by atoms with Gasteiger partial charge in [-0.05, 0) is 35.0 Å². The summed E-state index contributed by atoms with van der Waals surface area (Å²) < 4.78 is 20.1.